The van der Waals surface area contributed by atoms with Crippen LogP contribution in [-0.2, 0) is 15.6 Å². The van der Waals surface area contributed by atoms with E-state index in [2.05, 4.69) is 20.8 Å². The molecular formula is C39H40O8Si. The van der Waals surface area contributed by atoms with E-state index in [4.69, 9.17) is 13.9 Å². The van der Waals surface area contributed by atoms with Crippen LogP contribution in [0.2, 0.25) is 5.04 Å². The molecule has 0 saturated heterocycles. The monoisotopic (exact) mass is 664 g/mol. The van der Waals surface area contributed by atoms with Crippen LogP contribution in [0, 0.1) is 0 Å². The standard InChI is InChI=1S/C39H40O8Si/c1-23(40)39(44)21-29-31(30(22-39)47-48(38(3,4)5,25-15-9-7-10-16-25)26-17-11-8-12-18-26)37(46-24(2)41)33-32(36(29)45-6)34(42)27-19-13-14-20-28(27)35(33)43/h7-20,23,30,40,44H,21-22H2,1-6H3/t23-,30-,39-/m0/s1. The predicted molar refractivity (Wildman–Crippen MR) is 184 cm³/mol. The largest absolute Gasteiger partial charge is 0.496 e. The summed E-state index contributed by atoms with van der Waals surface area (Å²) in [5.74, 6) is -1.65. The number of hydrogen-bond acceptors (Lipinski definition) is 8. The summed E-state index contributed by atoms with van der Waals surface area (Å²) in [5.41, 5.74) is -0.782. The van der Waals surface area contributed by atoms with Crippen LogP contribution >= 0.6 is 0 Å². The molecule has 3 atom stereocenters. The molecule has 0 heterocycles. The maximum Gasteiger partial charge on any atom is 0.308 e. The van der Waals surface area contributed by atoms with Crippen LogP contribution in [0.4, 0.5) is 0 Å². The SMILES string of the molecule is COc1c2c(c(OC(C)=O)c3c1C(=O)c1ccccc1C3=O)[C@@H](O[Si](c1ccccc1)(c1ccccc1)C(C)(C)C)C[C@](O)([C@H](C)O)C2. The molecule has 248 valence electrons. The van der Waals surface area contributed by atoms with Crippen LogP contribution in [-0.4, -0.2) is 54.9 Å². The van der Waals surface area contributed by atoms with E-state index in [-0.39, 0.29) is 46.6 Å². The molecule has 2 N–H and O–H groups in total. The smallest absolute Gasteiger partial charge is 0.308 e. The summed E-state index contributed by atoms with van der Waals surface area (Å²) < 4.78 is 19.4. The maximum atomic E-state index is 14.3. The highest BCUT2D eigenvalue weighted by Gasteiger charge is 2.55. The molecule has 4 aromatic rings. The van der Waals surface area contributed by atoms with Crippen molar-refractivity contribution in [2.45, 2.75) is 70.3 Å². The van der Waals surface area contributed by atoms with Crippen molar-refractivity contribution in [2.24, 2.45) is 0 Å². The van der Waals surface area contributed by atoms with Gasteiger partial charge in [-0.3, -0.25) is 14.4 Å². The van der Waals surface area contributed by atoms with Gasteiger partial charge in [-0.15, -0.1) is 0 Å². The normalized spacial score (nSPS) is 19.5. The fourth-order valence-electron chi connectivity index (χ4n) is 7.47. The fourth-order valence-corrected chi connectivity index (χ4v) is 12.1. The number of benzene rings is 4. The number of ether oxygens (including phenoxy) is 2. The molecule has 9 heteroatoms. The third-order valence-corrected chi connectivity index (χ3v) is 14.8. The van der Waals surface area contributed by atoms with E-state index in [1.165, 1.54) is 21.0 Å². The molecule has 4 aromatic carbocycles. The first kappa shape index (κ1) is 33.5. The number of methoxy groups -OCH3 is 1. The molecule has 0 bridgehead atoms. The van der Waals surface area contributed by atoms with E-state index in [1.807, 2.05) is 60.7 Å². The summed E-state index contributed by atoms with van der Waals surface area (Å²) in [7, 11) is -1.95. The molecule has 0 fully saturated rings. The first-order valence-corrected chi connectivity index (χ1v) is 18.0. The predicted octanol–water partition coefficient (Wildman–Crippen LogP) is 5.07. The van der Waals surface area contributed by atoms with E-state index in [0.29, 0.717) is 11.1 Å². The van der Waals surface area contributed by atoms with E-state index in [1.54, 1.807) is 24.3 Å². The van der Waals surface area contributed by atoms with Crippen molar-refractivity contribution in [2.75, 3.05) is 7.11 Å². The number of carbonyl (C=O) groups is 3. The number of rotatable bonds is 7. The summed E-state index contributed by atoms with van der Waals surface area (Å²) in [6, 6.07) is 26.4. The highest BCUT2D eigenvalue weighted by molar-refractivity contribution is 6.99. The Kier molecular flexibility index (Phi) is 8.54. The summed E-state index contributed by atoms with van der Waals surface area (Å²) in [4.78, 5) is 41.3. The molecule has 0 aromatic heterocycles. The van der Waals surface area contributed by atoms with E-state index in [0.717, 1.165) is 10.4 Å². The van der Waals surface area contributed by atoms with Crippen molar-refractivity contribution >= 4 is 36.2 Å². The van der Waals surface area contributed by atoms with Crippen molar-refractivity contribution < 1.29 is 38.5 Å². The fraction of sp³-hybridized carbons (Fsp3) is 0.308. The molecule has 6 rings (SSSR count). The lowest BCUT2D eigenvalue weighted by molar-refractivity contribution is -0.132. The van der Waals surface area contributed by atoms with Gasteiger partial charge < -0.3 is 24.1 Å². The molecular weight excluding hydrogens is 625 g/mol. The Balaban J connectivity index is 1.72. The zero-order valence-electron chi connectivity index (χ0n) is 28.0. The number of aliphatic hydroxyl groups is 2. The highest BCUT2D eigenvalue weighted by atomic mass is 28.4. The van der Waals surface area contributed by atoms with E-state index >= 15 is 0 Å². The molecule has 2 aliphatic rings. The van der Waals surface area contributed by atoms with Gasteiger partial charge in [-0.05, 0) is 22.3 Å². The average molecular weight is 665 g/mol. The van der Waals surface area contributed by atoms with Crippen LogP contribution in [0.3, 0.4) is 0 Å². The zero-order chi connectivity index (χ0) is 34.6. The van der Waals surface area contributed by atoms with E-state index in [9.17, 15) is 24.6 Å². The molecule has 0 spiro atoms. The Hall–Kier alpha value is -4.41. The van der Waals surface area contributed by atoms with Gasteiger partial charge in [0.15, 0.2) is 11.6 Å². The van der Waals surface area contributed by atoms with Gasteiger partial charge in [-0.1, -0.05) is 106 Å². The van der Waals surface area contributed by atoms with Gasteiger partial charge in [0.1, 0.15) is 11.5 Å². The van der Waals surface area contributed by atoms with Crippen molar-refractivity contribution in [3.05, 3.63) is 118 Å². The van der Waals surface area contributed by atoms with Gasteiger partial charge >= 0.3 is 5.97 Å². The summed E-state index contributed by atoms with van der Waals surface area (Å²) >= 11 is 0. The summed E-state index contributed by atoms with van der Waals surface area (Å²) in [6.45, 7) is 9.09. The molecule has 0 amide bonds. The van der Waals surface area contributed by atoms with Gasteiger partial charge in [0.2, 0.25) is 0 Å². The number of hydrogen-bond donors (Lipinski definition) is 2. The number of fused-ring (bicyclic) bond motifs is 3. The van der Waals surface area contributed by atoms with Crippen molar-refractivity contribution in [3.63, 3.8) is 0 Å². The maximum absolute atomic E-state index is 14.3. The topological polar surface area (TPSA) is 119 Å². The zero-order valence-corrected chi connectivity index (χ0v) is 29.0. The summed E-state index contributed by atoms with van der Waals surface area (Å²) in [6.07, 6.45) is -2.45. The lowest BCUT2D eigenvalue weighted by atomic mass is 9.71. The molecule has 0 unspecified atom stereocenters. The van der Waals surface area contributed by atoms with Gasteiger partial charge in [0, 0.05) is 42.0 Å². The van der Waals surface area contributed by atoms with Crippen molar-refractivity contribution in [3.8, 4) is 11.5 Å². The minimum Gasteiger partial charge on any atom is -0.496 e. The van der Waals surface area contributed by atoms with Crippen LogP contribution in [0.15, 0.2) is 84.9 Å². The second-order valence-corrected chi connectivity index (χ2v) is 18.0. The Morgan fingerprint density at radius 2 is 1.33 bits per heavy atom. The Morgan fingerprint density at radius 1 is 0.854 bits per heavy atom. The van der Waals surface area contributed by atoms with Crippen LogP contribution in [0.1, 0.15) is 90.1 Å². The number of carbonyl (C=O) groups excluding carboxylic acids is 3. The van der Waals surface area contributed by atoms with Crippen LogP contribution in [0.25, 0.3) is 0 Å². The van der Waals surface area contributed by atoms with Crippen LogP contribution < -0.4 is 19.8 Å². The van der Waals surface area contributed by atoms with Gasteiger partial charge in [0.05, 0.1) is 36.0 Å². The second kappa shape index (κ2) is 12.2. The Bertz CT molecular complexity index is 1870. The van der Waals surface area contributed by atoms with Crippen molar-refractivity contribution in [1.82, 2.24) is 0 Å². The van der Waals surface area contributed by atoms with E-state index < -0.39 is 48.7 Å². The Labute approximate surface area is 281 Å². The number of ketones is 2. The minimum absolute atomic E-state index is 0.0461. The minimum atomic E-state index is -3.34. The molecule has 48 heavy (non-hydrogen) atoms. The summed E-state index contributed by atoms with van der Waals surface area (Å²) in [5, 5.41) is 24.7. The molecule has 0 saturated carbocycles. The quantitative estimate of drug-likeness (QED) is 0.141. The first-order chi connectivity index (χ1) is 22.7. The van der Waals surface area contributed by atoms with Crippen LogP contribution in [0.5, 0.6) is 11.5 Å². The Morgan fingerprint density at radius 3 is 1.77 bits per heavy atom. The molecule has 0 aliphatic heterocycles. The van der Waals surface area contributed by atoms with Gasteiger partial charge in [-0.25, -0.2) is 0 Å². The first-order valence-electron chi connectivity index (χ1n) is 16.1. The highest BCUT2D eigenvalue weighted by Crippen LogP contribution is 2.54. The van der Waals surface area contributed by atoms with Crippen molar-refractivity contribution in [1.29, 1.82) is 0 Å². The second-order valence-electron chi connectivity index (χ2n) is 13.7. The van der Waals surface area contributed by atoms with Gasteiger partial charge in [0.25, 0.3) is 8.32 Å². The third kappa shape index (κ3) is 5.22. The lowest BCUT2D eigenvalue weighted by Crippen LogP contribution is -2.67. The number of esters is 1. The lowest BCUT2D eigenvalue weighted by Gasteiger charge is -2.49. The van der Waals surface area contributed by atoms with Gasteiger partial charge in [-0.2, -0.15) is 0 Å². The third-order valence-electron chi connectivity index (χ3n) is 9.73. The molecule has 2 aliphatic carbocycles. The average Bonchev–Trinajstić information content (AvgIpc) is 3.05. The number of aliphatic hydroxyl groups excluding tert-OH is 1. The molecule has 8 nitrogen and oxygen atoms in total. The molecule has 0 radical (unpaired) electrons.